The van der Waals surface area contributed by atoms with Crippen LogP contribution in [0.25, 0.3) is 0 Å². The van der Waals surface area contributed by atoms with Gasteiger partial charge in [0.05, 0.1) is 0 Å². The second-order valence-electron chi connectivity index (χ2n) is 9.85. The Morgan fingerprint density at radius 2 is 1.55 bits per heavy atom. The van der Waals surface area contributed by atoms with Crippen molar-refractivity contribution in [2.24, 2.45) is 5.92 Å². The Morgan fingerprint density at radius 3 is 2.26 bits per heavy atom. The molecule has 0 bridgehead atoms. The zero-order valence-electron chi connectivity index (χ0n) is 23.3. The zero-order chi connectivity index (χ0) is 25.3. The van der Waals surface area contributed by atoms with Gasteiger partial charge in [0.1, 0.15) is 19.3 Å². The molecule has 0 radical (unpaired) electrons. The van der Waals surface area contributed by atoms with Crippen LogP contribution >= 0.6 is 0 Å². The van der Waals surface area contributed by atoms with E-state index in [1.54, 1.807) is 0 Å². The van der Waals surface area contributed by atoms with Gasteiger partial charge in [0.2, 0.25) is 0 Å². The average molecular weight is 641 g/mol. The molecule has 0 fully saturated rings. The number of allylic oxidation sites excluding steroid dienone is 1. The maximum absolute atomic E-state index is 3.36. The van der Waals surface area contributed by atoms with E-state index in [4.69, 9.17) is 0 Å². The van der Waals surface area contributed by atoms with Crippen molar-refractivity contribution in [1.82, 2.24) is 0 Å². The van der Waals surface area contributed by atoms with Crippen molar-refractivity contribution in [3.05, 3.63) is 77.8 Å². The van der Waals surface area contributed by atoms with E-state index in [0.29, 0.717) is 5.92 Å². The van der Waals surface area contributed by atoms with Crippen LogP contribution in [0.15, 0.2) is 61.1 Å². The van der Waals surface area contributed by atoms with E-state index in [2.05, 4.69) is 114 Å². The van der Waals surface area contributed by atoms with Crippen molar-refractivity contribution in [3.8, 4) is 23.7 Å². The lowest BCUT2D eigenvalue weighted by Gasteiger charge is -2.11. The molecule has 0 N–H and O–H groups in total. The van der Waals surface area contributed by atoms with Crippen LogP contribution in [0.1, 0.15) is 94.7 Å². The van der Waals surface area contributed by atoms with Crippen molar-refractivity contribution in [3.63, 3.8) is 0 Å². The molecule has 0 saturated carbocycles. The molecule has 3 rings (SSSR count). The molecule has 0 spiro atoms. The Bertz CT molecular complexity index is 1130. The van der Waals surface area contributed by atoms with E-state index in [-0.39, 0.29) is 34.0 Å². The van der Waals surface area contributed by atoms with Crippen molar-refractivity contribution in [1.29, 1.82) is 0 Å². The highest BCUT2D eigenvalue weighted by molar-refractivity contribution is 5.56. The standard InChI is InChI=1S/C34H44N2.2BrH/c1-3-5-16-33-22-14-26-35(29-33)24-11-7-9-18-31-20-13-21-32(28-31)19-10-8-12-25-36-27-15-23-34(30-36)17-6-4-2;;/h13-15,20-22,26-30,34H,3-8,11-12,16-17,23-25H2,1-2H3;2*1H/q+2;;/p-2. The van der Waals surface area contributed by atoms with Crippen LogP contribution in [-0.4, -0.2) is 17.3 Å². The number of rotatable bonds is 12. The predicted octanol–water partition coefficient (Wildman–Crippen LogP) is 1.10. The molecule has 2 nitrogen and oxygen atoms in total. The van der Waals surface area contributed by atoms with Gasteiger partial charge in [0.25, 0.3) is 0 Å². The summed E-state index contributed by atoms with van der Waals surface area (Å²) >= 11 is 0. The van der Waals surface area contributed by atoms with Gasteiger partial charge in [0, 0.05) is 54.4 Å². The summed E-state index contributed by atoms with van der Waals surface area (Å²) in [6, 6.07) is 12.7. The highest BCUT2D eigenvalue weighted by atomic mass is 79.9. The van der Waals surface area contributed by atoms with E-state index in [9.17, 15) is 0 Å². The number of halogens is 2. The molecule has 1 atom stereocenters. The van der Waals surface area contributed by atoms with Crippen LogP contribution in [0.3, 0.4) is 0 Å². The van der Waals surface area contributed by atoms with Crippen LogP contribution in [0.5, 0.6) is 0 Å². The summed E-state index contributed by atoms with van der Waals surface area (Å²) in [6.45, 7) is 6.59. The SMILES string of the molecule is CCCCc1ccc[n+](CCCC#Cc2cccc(C#CCCC[N+]3=CC(CCCC)CC=C3)c2)c1.[Br-].[Br-]. The smallest absolute Gasteiger partial charge is 0.171 e. The molecular formula is C34H44Br2N2. The minimum atomic E-state index is 0. The zero-order valence-corrected chi connectivity index (χ0v) is 26.4. The topological polar surface area (TPSA) is 6.89 Å². The van der Waals surface area contributed by atoms with Crippen molar-refractivity contribution in [2.75, 3.05) is 6.54 Å². The summed E-state index contributed by atoms with van der Waals surface area (Å²) in [5, 5.41) is 0. The number of pyridine rings is 1. The maximum atomic E-state index is 3.36. The summed E-state index contributed by atoms with van der Waals surface area (Å²) in [6.07, 6.45) is 24.2. The van der Waals surface area contributed by atoms with E-state index in [1.807, 2.05) is 0 Å². The van der Waals surface area contributed by atoms with Crippen LogP contribution in [-0.2, 0) is 13.0 Å². The lowest BCUT2D eigenvalue weighted by molar-refractivity contribution is -0.697. The fraction of sp³-hybridized carbons (Fsp3) is 0.471. The molecular weight excluding hydrogens is 596 g/mol. The first-order valence-corrected chi connectivity index (χ1v) is 14.1. The number of unbranched alkanes of at least 4 members (excludes halogenated alkanes) is 4. The first-order chi connectivity index (χ1) is 17.8. The number of hydrogen-bond donors (Lipinski definition) is 0. The van der Waals surface area contributed by atoms with Gasteiger partial charge in [-0.25, -0.2) is 9.14 Å². The van der Waals surface area contributed by atoms with Crippen LogP contribution in [0, 0.1) is 29.6 Å². The number of aromatic nitrogens is 1. The van der Waals surface area contributed by atoms with E-state index in [0.717, 1.165) is 49.9 Å². The number of hydrogen-bond acceptors (Lipinski definition) is 0. The van der Waals surface area contributed by atoms with E-state index < -0.39 is 0 Å². The van der Waals surface area contributed by atoms with Crippen molar-refractivity contribution < 1.29 is 43.1 Å². The Balaban J connectivity index is 0.00000361. The third-order valence-electron chi connectivity index (χ3n) is 6.57. The predicted molar refractivity (Wildman–Crippen MR) is 152 cm³/mol. The Morgan fingerprint density at radius 1 is 0.842 bits per heavy atom. The Hall–Kier alpha value is -2.14. The molecule has 1 aromatic carbocycles. The van der Waals surface area contributed by atoms with Gasteiger partial charge >= 0.3 is 0 Å². The summed E-state index contributed by atoms with van der Waals surface area (Å²) in [4.78, 5) is 0. The molecule has 38 heavy (non-hydrogen) atoms. The molecule has 2 heterocycles. The molecule has 204 valence electrons. The molecule has 1 aliphatic rings. The number of benzene rings is 1. The third-order valence-corrected chi connectivity index (χ3v) is 6.57. The highest BCUT2D eigenvalue weighted by Gasteiger charge is 2.14. The fourth-order valence-corrected chi connectivity index (χ4v) is 4.51. The van der Waals surface area contributed by atoms with Crippen LogP contribution < -0.4 is 38.5 Å². The largest absolute Gasteiger partial charge is 1.00 e. The van der Waals surface area contributed by atoms with Crippen molar-refractivity contribution in [2.45, 2.75) is 91.0 Å². The normalized spacial score (nSPS) is 13.6. The molecule has 0 saturated heterocycles. The molecule has 4 heteroatoms. The van der Waals surface area contributed by atoms with Gasteiger partial charge in [-0.3, -0.25) is 0 Å². The van der Waals surface area contributed by atoms with Gasteiger partial charge in [-0.15, -0.1) is 0 Å². The van der Waals surface area contributed by atoms with Crippen molar-refractivity contribution >= 4 is 6.21 Å². The maximum Gasteiger partial charge on any atom is 0.171 e. The number of nitrogens with zero attached hydrogens (tertiary/aromatic N) is 2. The second kappa shape index (κ2) is 20.8. The minimum absolute atomic E-state index is 0. The Labute approximate surface area is 253 Å². The minimum Gasteiger partial charge on any atom is -1.00 e. The summed E-state index contributed by atoms with van der Waals surface area (Å²) in [7, 11) is 0. The highest BCUT2D eigenvalue weighted by Crippen LogP contribution is 2.14. The Kier molecular flexibility index (Phi) is 18.5. The summed E-state index contributed by atoms with van der Waals surface area (Å²) in [5.74, 6) is 14.1. The monoisotopic (exact) mass is 638 g/mol. The molecule has 0 aliphatic carbocycles. The van der Waals surface area contributed by atoms with Crippen LogP contribution in [0.4, 0.5) is 0 Å². The lowest BCUT2D eigenvalue weighted by atomic mass is 9.98. The first-order valence-electron chi connectivity index (χ1n) is 14.1. The molecule has 1 aliphatic heterocycles. The van der Waals surface area contributed by atoms with Gasteiger partial charge in [-0.1, -0.05) is 62.9 Å². The average Bonchev–Trinajstić information content (AvgIpc) is 2.91. The van der Waals surface area contributed by atoms with Crippen LogP contribution in [0.2, 0.25) is 0 Å². The summed E-state index contributed by atoms with van der Waals surface area (Å²) < 4.78 is 4.66. The second-order valence-corrected chi connectivity index (χ2v) is 9.85. The molecule has 1 aromatic heterocycles. The first kappa shape index (κ1) is 33.9. The summed E-state index contributed by atoms with van der Waals surface area (Å²) in [5.41, 5.74) is 3.55. The number of aryl methyl sites for hydroxylation is 2. The van der Waals surface area contributed by atoms with Gasteiger partial charge < -0.3 is 34.0 Å². The molecule has 2 aromatic rings. The van der Waals surface area contributed by atoms with Gasteiger partial charge in [0.15, 0.2) is 18.6 Å². The van der Waals surface area contributed by atoms with Gasteiger partial charge in [-0.2, -0.15) is 0 Å². The fourth-order valence-electron chi connectivity index (χ4n) is 4.51. The quantitative estimate of drug-likeness (QED) is 0.187. The molecule has 0 amide bonds. The van der Waals surface area contributed by atoms with E-state index in [1.165, 1.54) is 50.5 Å². The molecule has 1 unspecified atom stereocenters. The van der Waals surface area contributed by atoms with Gasteiger partial charge in [-0.05, 0) is 56.0 Å². The van der Waals surface area contributed by atoms with E-state index >= 15 is 0 Å². The lowest BCUT2D eigenvalue weighted by Crippen LogP contribution is -3.00. The third kappa shape index (κ3) is 13.6.